The van der Waals surface area contributed by atoms with Gasteiger partial charge in [0.2, 0.25) is 0 Å². The Bertz CT molecular complexity index is 754. The second kappa shape index (κ2) is 7.61. The Morgan fingerprint density at radius 3 is 2.46 bits per heavy atom. The van der Waals surface area contributed by atoms with Crippen molar-refractivity contribution < 1.29 is 17.9 Å². The lowest BCUT2D eigenvalue weighted by molar-refractivity contribution is -0.139. The maximum absolute atomic E-state index is 13.5. The molecule has 2 aromatic rings. The first-order chi connectivity index (χ1) is 12.0. The van der Waals surface area contributed by atoms with Gasteiger partial charge in [-0.25, -0.2) is 0 Å². The van der Waals surface area contributed by atoms with Crippen LogP contribution >= 0.6 is 0 Å². The number of halogens is 3. The van der Waals surface area contributed by atoms with Gasteiger partial charge in [-0.1, -0.05) is 6.92 Å². The summed E-state index contributed by atoms with van der Waals surface area (Å²) in [5.41, 5.74) is 6.21. The van der Waals surface area contributed by atoms with E-state index >= 15 is 0 Å². The van der Waals surface area contributed by atoms with E-state index in [1.54, 1.807) is 25.3 Å². The van der Waals surface area contributed by atoms with Crippen molar-refractivity contribution in [2.45, 2.75) is 45.8 Å². The molecule has 7 heteroatoms. The Morgan fingerprint density at radius 2 is 1.88 bits per heavy atom. The van der Waals surface area contributed by atoms with Crippen LogP contribution in [0.2, 0.25) is 0 Å². The van der Waals surface area contributed by atoms with E-state index in [0.717, 1.165) is 12.3 Å². The summed E-state index contributed by atoms with van der Waals surface area (Å²) in [6.07, 6.45) is -1.23. The van der Waals surface area contributed by atoms with Crippen LogP contribution in [-0.4, -0.2) is 22.1 Å². The highest BCUT2D eigenvalue weighted by Gasteiger charge is 2.35. The van der Waals surface area contributed by atoms with Crippen LogP contribution in [0.3, 0.4) is 0 Å². The Labute approximate surface area is 151 Å². The van der Waals surface area contributed by atoms with Gasteiger partial charge in [-0.2, -0.15) is 13.2 Å². The van der Waals surface area contributed by atoms with Crippen LogP contribution in [0.15, 0.2) is 30.6 Å². The summed E-state index contributed by atoms with van der Waals surface area (Å²) in [6.45, 7) is 7.55. The molecule has 0 aromatic carbocycles. The summed E-state index contributed by atoms with van der Waals surface area (Å²) in [6, 6.07) is 4.33. The topological polar surface area (TPSA) is 61.0 Å². The van der Waals surface area contributed by atoms with E-state index in [4.69, 9.17) is 10.5 Å². The van der Waals surface area contributed by atoms with Gasteiger partial charge in [-0.3, -0.25) is 9.97 Å². The first kappa shape index (κ1) is 20.2. The molecule has 0 amide bonds. The van der Waals surface area contributed by atoms with E-state index < -0.39 is 17.3 Å². The molecule has 2 rings (SSSR count). The molecule has 4 nitrogen and oxygen atoms in total. The fraction of sp³-hybridized carbons (Fsp3) is 0.474. The van der Waals surface area contributed by atoms with Gasteiger partial charge in [0, 0.05) is 23.0 Å². The van der Waals surface area contributed by atoms with Crippen LogP contribution in [0.25, 0.3) is 11.3 Å². The van der Waals surface area contributed by atoms with Gasteiger partial charge in [0.15, 0.2) is 0 Å². The number of nitrogens with zero attached hydrogens (tertiary/aromatic N) is 2. The Hall–Kier alpha value is -2.15. The molecule has 0 aliphatic rings. The Kier molecular flexibility index (Phi) is 5.91. The van der Waals surface area contributed by atoms with E-state index in [9.17, 15) is 13.2 Å². The minimum Gasteiger partial charge on any atom is -0.491 e. The predicted octanol–water partition coefficient (Wildman–Crippen LogP) is 4.61. The van der Waals surface area contributed by atoms with Crippen LogP contribution in [0.4, 0.5) is 13.2 Å². The van der Waals surface area contributed by atoms with Crippen LogP contribution in [-0.2, 0) is 6.18 Å². The zero-order valence-electron chi connectivity index (χ0n) is 15.4. The summed E-state index contributed by atoms with van der Waals surface area (Å²) in [5.74, 6) is -0.257. The molecule has 2 N–H and O–H groups in total. The van der Waals surface area contributed by atoms with Crippen molar-refractivity contribution in [3.05, 3.63) is 41.9 Å². The molecule has 0 saturated carbocycles. The van der Waals surface area contributed by atoms with E-state index in [1.165, 1.54) is 0 Å². The first-order valence-electron chi connectivity index (χ1n) is 8.37. The van der Waals surface area contributed by atoms with E-state index in [1.807, 2.05) is 20.8 Å². The van der Waals surface area contributed by atoms with Gasteiger partial charge in [0.05, 0.1) is 18.5 Å². The lowest BCUT2D eigenvalue weighted by atomic mass is 9.93. The number of hydrogen-bond donors (Lipinski definition) is 1. The number of ether oxygens (including phenoxy) is 1. The molecule has 2 heterocycles. The second-order valence-electron chi connectivity index (χ2n) is 7.36. The highest BCUT2D eigenvalue weighted by Crippen LogP contribution is 2.38. The largest absolute Gasteiger partial charge is 0.491 e. The molecule has 0 saturated heterocycles. The highest BCUT2D eigenvalue weighted by atomic mass is 19.4. The molecule has 142 valence electrons. The van der Waals surface area contributed by atoms with Crippen LogP contribution in [0, 0.1) is 12.8 Å². The fourth-order valence-electron chi connectivity index (χ4n) is 2.83. The van der Waals surface area contributed by atoms with Gasteiger partial charge < -0.3 is 10.5 Å². The minimum absolute atomic E-state index is 0.0126. The third kappa shape index (κ3) is 5.69. The van der Waals surface area contributed by atoms with Crippen molar-refractivity contribution in [1.29, 1.82) is 0 Å². The van der Waals surface area contributed by atoms with Crippen molar-refractivity contribution in [3.63, 3.8) is 0 Å². The number of alkyl halides is 3. The summed E-state index contributed by atoms with van der Waals surface area (Å²) in [4.78, 5) is 8.19. The molecule has 1 atom stereocenters. The van der Waals surface area contributed by atoms with Crippen LogP contribution in [0.1, 0.15) is 38.4 Å². The van der Waals surface area contributed by atoms with Crippen molar-refractivity contribution in [3.8, 4) is 17.0 Å². The molecule has 0 aliphatic carbocycles. The lowest BCUT2D eigenvalue weighted by Gasteiger charge is -2.24. The number of hydrogen-bond acceptors (Lipinski definition) is 4. The van der Waals surface area contributed by atoms with Gasteiger partial charge in [0.25, 0.3) is 0 Å². The van der Waals surface area contributed by atoms with Gasteiger partial charge in [0.1, 0.15) is 11.3 Å². The smallest absolute Gasteiger partial charge is 0.420 e. The molecular formula is C19H24F3N3O. The molecular weight excluding hydrogens is 343 g/mol. The number of nitrogens with two attached hydrogens (primary N) is 1. The van der Waals surface area contributed by atoms with E-state index in [0.29, 0.717) is 17.7 Å². The maximum Gasteiger partial charge on any atom is 0.420 e. The second-order valence-corrected chi connectivity index (χ2v) is 7.36. The number of aryl methyl sites for hydroxylation is 1. The van der Waals surface area contributed by atoms with Gasteiger partial charge in [-0.15, -0.1) is 0 Å². The summed E-state index contributed by atoms with van der Waals surface area (Å²) in [7, 11) is 0. The van der Waals surface area contributed by atoms with Gasteiger partial charge >= 0.3 is 6.18 Å². The molecule has 0 fully saturated rings. The number of pyridine rings is 2. The number of aromatic nitrogens is 2. The zero-order chi connectivity index (χ0) is 19.5. The highest BCUT2D eigenvalue weighted by molar-refractivity contribution is 5.61. The third-order valence-electron chi connectivity index (χ3n) is 3.76. The third-order valence-corrected chi connectivity index (χ3v) is 3.76. The molecule has 0 spiro atoms. The lowest BCUT2D eigenvalue weighted by Crippen LogP contribution is -2.35. The average Bonchev–Trinajstić information content (AvgIpc) is 2.50. The predicted molar refractivity (Wildman–Crippen MR) is 94.7 cm³/mol. The standard InChI is InChI=1S/C19H24F3N3O/c1-12(9-18(3,4)23)11-26-17-10-25-16(8-15(17)19(20,21)22)14-5-6-24-13(2)7-14/h5-8,10,12H,9,11,23H2,1-4H3. The zero-order valence-corrected chi connectivity index (χ0v) is 15.4. The minimum atomic E-state index is -4.54. The maximum atomic E-state index is 13.5. The molecule has 0 bridgehead atoms. The van der Waals surface area contributed by atoms with Crippen molar-refractivity contribution >= 4 is 0 Å². The molecule has 26 heavy (non-hydrogen) atoms. The van der Waals surface area contributed by atoms with Crippen molar-refractivity contribution in [1.82, 2.24) is 9.97 Å². The SMILES string of the molecule is Cc1cc(-c2cc(C(F)(F)F)c(OCC(C)CC(C)(C)N)cn2)ccn1. The molecule has 2 aromatic heterocycles. The molecule has 0 radical (unpaired) electrons. The monoisotopic (exact) mass is 367 g/mol. The van der Waals surface area contributed by atoms with Crippen LogP contribution in [0.5, 0.6) is 5.75 Å². The quantitative estimate of drug-likeness (QED) is 0.810. The molecule has 0 aliphatic heterocycles. The Morgan fingerprint density at radius 1 is 1.19 bits per heavy atom. The Balaban J connectivity index is 2.27. The van der Waals surface area contributed by atoms with Gasteiger partial charge in [-0.05, 0) is 51.3 Å². The van der Waals surface area contributed by atoms with Crippen molar-refractivity contribution in [2.75, 3.05) is 6.61 Å². The average molecular weight is 367 g/mol. The normalized spacial score (nSPS) is 13.5. The summed E-state index contributed by atoms with van der Waals surface area (Å²) < 4.78 is 45.9. The fourth-order valence-corrected chi connectivity index (χ4v) is 2.83. The summed E-state index contributed by atoms with van der Waals surface area (Å²) in [5, 5.41) is 0. The van der Waals surface area contributed by atoms with Crippen molar-refractivity contribution in [2.24, 2.45) is 11.7 Å². The first-order valence-corrected chi connectivity index (χ1v) is 8.37. The summed E-state index contributed by atoms with van der Waals surface area (Å²) >= 11 is 0. The molecule has 1 unspecified atom stereocenters. The van der Waals surface area contributed by atoms with Crippen LogP contribution < -0.4 is 10.5 Å². The number of rotatable bonds is 6. The van der Waals surface area contributed by atoms with E-state index in [2.05, 4.69) is 9.97 Å². The van der Waals surface area contributed by atoms with E-state index in [-0.39, 0.29) is 24.0 Å².